The number of hydrogen-bond donors (Lipinski definition) is 1. The first-order valence-electron chi connectivity index (χ1n) is 13.9. The first-order valence-corrected chi connectivity index (χ1v) is 13.9. The van der Waals surface area contributed by atoms with E-state index in [2.05, 4.69) is 0 Å². The molecule has 4 atom stereocenters. The maximum absolute atomic E-state index is 13.4. The highest BCUT2D eigenvalue weighted by Gasteiger charge is 2.48. The molecule has 1 amide bonds. The van der Waals surface area contributed by atoms with Gasteiger partial charge < -0.3 is 28.8 Å². The SMILES string of the molecule is COc1ccc(COC[C@@H]2[C@@H](O)[C@H](OCc3ccccc3)[C@@H](OC(=O)c3ccccc3)CN2C(=O)OC(C)(C)C)cc1. The lowest BCUT2D eigenvalue weighted by Gasteiger charge is -2.46. The van der Waals surface area contributed by atoms with Crippen molar-refractivity contribution in [1.82, 2.24) is 4.90 Å². The molecule has 0 spiro atoms. The Kier molecular flexibility index (Phi) is 10.6. The molecule has 1 heterocycles. The average molecular weight is 578 g/mol. The van der Waals surface area contributed by atoms with Gasteiger partial charge in [0, 0.05) is 0 Å². The molecule has 9 heteroatoms. The third kappa shape index (κ3) is 8.55. The fourth-order valence-electron chi connectivity index (χ4n) is 4.65. The summed E-state index contributed by atoms with van der Waals surface area (Å²) < 4.78 is 29.0. The number of hydrogen-bond acceptors (Lipinski definition) is 8. The Morgan fingerprint density at radius 1 is 0.881 bits per heavy atom. The lowest BCUT2D eigenvalue weighted by molar-refractivity contribution is -0.173. The molecule has 0 bridgehead atoms. The van der Waals surface area contributed by atoms with E-state index in [4.69, 9.17) is 23.7 Å². The van der Waals surface area contributed by atoms with Gasteiger partial charge in [0.15, 0.2) is 0 Å². The molecule has 42 heavy (non-hydrogen) atoms. The highest BCUT2D eigenvalue weighted by molar-refractivity contribution is 5.89. The Bertz CT molecular complexity index is 1280. The van der Waals surface area contributed by atoms with Crippen LogP contribution in [0.2, 0.25) is 0 Å². The number of amides is 1. The molecule has 0 radical (unpaired) electrons. The highest BCUT2D eigenvalue weighted by Crippen LogP contribution is 2.28. The van der Waals surface area contributed by atoms with Gasteiger partial charge in [-0.05, 0) is 56.2 Å². The number of piperidine rings is 1. The van der Waals surface area contributed by atoms with Gasteiger partial charge in [-0.3, -0.25) is 4.90 Å². The molecule has 4 rings (SSSR count). The van der Waals surface area contributed by atoms with E-state index < -0.39 is 42.0 Å². The monoisotopic (exact) mass is 577 g/mol. The summed E-state index contributed by atoms with van der Waals surface area (Å²) in [6.45, 7) is 5.65. The van der Waals surface area contributed by atoms with Crippen molar-refractivity contribution in [3.63, 3.8) is 0 Å². The van der Waals surface area contributed by atoms with Crippen molar-refractivity contribution in [1.29, 1.82) is 0 Å². The van der Waals surface area contributed by atoms with Gasteiger partial charge in [-0.25, -0.2) is 9.59 Å². The number of aliphatic hydroxyl groups is 1. The number of benzene rings is 3. The van der Waals surface area contributed by atoms with Crippen LogP contribution in [0.15, 0.2) is 84.9 Å². The smallest absolute Gasteiger partial charge is 0.410 e. The molecule has 0 unspecified atom stereocenters. The summed E-state index contributed by atoms with van der Waals surface area (Å²) in [6, 6.07) is 24.7. The highest BCUT2D eigenvalue weighted by atomic mass is 16.6. The van der Waals surface area contributed by atoms with E-state index in [1.807, 2.05) is 54.6 Å². The minimum atomic E-state index is -1.25. The normalized spacial score (nSPS) is 20.5. The van der Waals surface area contributed by atoms with Gasteiger partial charge in [0.2, 0.25) is 0 Å². The zero-order chi connectivity index (χ0) is 30.1. The van der Waals surface area contributed by atoms with Gasteiger partial charge in [-0.15, -0.1) is 0 Å². The quantitative estimate of drug-likeness (QED) is 0.336. The average Bonchev–Trinajstić information content (AvgIpc) is 2.98. The predicted molar refractivity (Wildman–Crippen MR) is 156 cm³/mol. The second-order valence-electron chi connectivity index (χ2n) is 11.1. The Balaban J connectivity index is 1.57. The maximum Gasteiger partial charge on any atom is 0.410 e. The molecule has 1 fully saturated rings. The third-order valence-corrected chi connectivity index (χ3v) is 6.77. The molecule has 1 aliphatic heterocycles. The van der Waals surface area contributed by atoms with E-state index in [-0.39, 0.29) is 26.4 Å². The van der Waals surface area contributed by atoms with E-state index in [0.717, 1.165) is 16.9 Å². The number of ether oxygens (including phenoxy) is 5. The molecule has 0 aliphatic carbocycles. The maximum atomic E-state index is 13.4. The standard InChI is InChI=1S/C33H39NO8/c1-33(2,3)42-32(37)34-19-28(41-31(36)25-13-9-6-10-14-25)30(40-21-23-11-7-5-8-12-23)29(35)27(34)22-39-20-24-15-17-26(38-4)18-16-24/h5-18,27-30,35H,19-22H2,1-4H3/t27-,28+,29-,30-/m1/s1. The first kappa shape index (κ1) is 31.0. The Labute approximate surface area is 246 Å². The van der Waals surface area contributed by atoms with Crippen molar-refractivity contribution in [3.8, 4) is 5.75 Å². The topological polar surface area (TPSA) is 104 Å². The number of nitrogens with zero attached hydrogens (tertiary/aromatic N) is 1. The van der Waals surface area contributed by atoms with Gasteiger partial charge in [-0.1, -0.05) is 60.7 Å². The summed E-state index contributed by atoms with van der Waals surface area (Å²) in [6.07, 6.45) is -3.81. The molecule has 3 aromatic rings. The summed E-state index contributed by atoms with van der Waals surface area (Å²) in [5.74, 6) is 0.145. The predicted octanol–water partition coefficient (Wildman–Crippen LogP) is 5.00. The largest absolute Gasteiger partial charge is 0.497 e. The molecule has 9 nitrogen and oxygen atoms in total. The van der Waals surface area contributed by atoms with Gasteiger partial charge in [0.25, 0.3) is 0 Å². The van der Waals surface area contributed by atoms with Crippen molar-refractivity contribution in [2.45, 2.75) is 63.9 Å². The Hall–Kier alpha value is -3.92. The molecule has 224 valence electrons. The van der Waals surface area contributed by atoms with Gasteiger partial charge in [-0.2, -0.15) is 0 Å². The molecule has 1 saturated heterocycles. The van der Waals surface area contributed by atoms with Crippen molar-refractivity contribution >= 4 is 12.1 Å². The third-order valence-electron chi connectivity index (χ3n) is 6.77. The lowest BCUT2D eigenvalue weighted by Crippen LogP contribution is -2.65. The number of rotatable bonds is 10. The van der Waals surface area contributed by atoms with Gasteiger partial charge in [0.05, 0.1) is 45.1 Å². The summed E-state index contributed by atoms with van der Waals surface area (Å²) in [5, 5.41) is 11.7. The zero-order valence-electron chi connectivity index (χ0n) is 24.5. The van der Waals surface area contributed by atoms with Crippen LogP contribution in [0, 0.1) is 0 Å². The van der Waals surface area contributed by atoms with Gasteiger partial charge in [0.1, 0.15) is 29.7 Å². The summed E-state index contributed by atoms with van der Waals surface area (Å²) >= 11 is 0. The fraction of sp³-hybridized carbons (Fsp3) is 0.394. The molecular weight excluding hydrogens is 538 g/mol. The van der Waals surface area contributed by atoms with Crippen molar-refractivity contribution in [2.75, 3.05) is 20.3 Å². The van der Waals surface area contributed by atoms with Gasteiger partial charge >= 0.3 is 12.1 Å². The number of methoxy groups -OCH3 is 1. The number of esters is 1. The van der Waals surface area contributed by atoms with E-state index >= 15 is 0 Å². The van der Waals surface area contributed by atoms with Crippen molar-refractivity contribution < 1.29 is 38.4 Å². The summed E-state index contributed by atoms with van der Waals surface area (Å²) in [5.41, 5.74) is 1.35. The molecule has 1 N–H and O–H groups in total. The Morgan fingerprint density at radius 2 is 1.50 bits per heavy atom. The van der Waals surface area contributed by atoms with Crippen LogP contribution in [-0.4, -0.2) is 72.3 Å². The number of likely N-dealkylation sites (tertiary alicyclic amines) is 1. The first-order chi connectivity index (χ1) is 20.1. The van der Waals surface area contributed by atoms with Crippen molar-refractivity contribution in [2.24, 2.45) is 0 Å². The molecule has 3 aromatic carbocycles. The number of carbonyl (C=O) groups is 2. The molecule has 1 aliphatic rings. The summed E-state index contributed by atoms with van der Waals surface area (Å²) in [4.78, 5) is 27.8. The van der Waals surface area contributed by atoms with Crippen LogP contribution in [0.25, 0.3) is 0 Å². The van der Waals surface area contributed by atoms with E-state index in [1.165, 1.54) is 4.90 Å². The fourth-order valence-corrected chi connectivity index (χ4v) is 4.65. The van der Waals surface area contributed by atoms with Crippen LogP contribution < -0.4 is 4.74 Å². The second kappa shape index (κ2) is 14.3. The minimum Gasteiger partial charge on any atom is -0.497 e. The van der Waals surface area contributed by atoms with Crippen LogP contribution in [0.4, 0.5) is 4.79 Å². The summed E-state index contributed by atoms with van der Waals surface area (Å²) in [7, 11) is 1.60. The van der Waals surface area contributed by atoms with Crippen LogP contribution in [0.5, 0.6) is 5.75 Å². The molecular formula is C33H39NO8. The van der Waals surface area contributed by atoms with E-state index in [9.17, 15) is 14.7 Å². The molecule has 0 aromatic heterocycles. The second-order valence-corrected chi connectivity index (χ2v) is 11.1. The number of carbonyl (C=O) groups excluding carboxylic acids is 2. The van der Waals surface area contributed by atoms with Crippen molar-refractivity contribution in [3.05, 3.63) is 102 Å². The van der Waals surface area contributed by atoms with E-state index in [0.29, 0.717) is 5.56 Å². The lowest BCUT2D eigenvalue weighted by atomic mass is 9.94. The minimum absolute atomic E-state index is 0.00299. The zero-order valence-corrected chi connectivity index (χ0v) is 24.5. The van der Waals surface area contributed by atoms with Crippen LogP contribution in [-0.2, 0) is 32.2 Å². The van der Waals surface area contributed by atoms with E-state index in [1.54, 1.807) is 58.2 Å². The van der Waals surface area contributed by atoms with Crippen LogP contribution in [0.3, 0.4) is 0 Å². The molecule has 0 saturated carbocycles. The number of aliphatic hydroxyl groups excluding tert-OH is 1. The van der Waals surface area contributed by atoms with Crippen LogP contribution in [0.1, 0.15) is 42.3 Å². The Morgan fingerprint density at radius 3 is 2.12 bits per heavy atom. The van der Waals surface area contributed by atoms with Crippen LogP contribution >= 0.6 is 0 Å².